The van der Waals surface area contributed by atoms with Crippen molar-refractivity contribution in [2.24, 2.45) is 5.92 Å². The molecule has 3 heteroatoms. The van der Waals surface area contributed by atoms with Crippen molar-refractivity contribution in [1.82, 2.24) is 10.3 Å². The summed E-state index contributed by atoms with van der Waals surface area (Å²) in [5, 5.41) is 6.12. The summed E-state index contributed by atoms with van der Waals surface area (Å²) in [7, 11) is 0. The van der Waals surface area contributed by atoms with Crippen LogP contribution in [0.4, 0.5) is 5.82 Å². The number of hydrogen-bond acceptors (Lipinski definition) is 3. The molecule has 2 aliphatic heterocycles. The molecule has 0 amide bonds. The number of benzene rings is 1. The van der Waals surface area contributed by atoms with Crippen LogP contribution in [0.5, 0.6) is 0 Å². The first kappa shape index (κ1) is 11.2. The smallest absolute Gasteiger partial charge is 0.136 e. The lowest BCUT2D eigenvalue weighted by molar-refractivity contribution is 0.384. The molecule has 19 heavy (non-hydrogen) atoms. The van der Waals surface area contributed by atoms with Crippen LogP contribution >= 0.6 is 0 Å². The van der Waals surface area contributed by atoms with E-state index in [-0.39, 0.29) is 0 Å². The number of rotatable bonds is 1. The molecule has 4 rings (SSSR count). The third-order valence-electron chi connectivity index (χ3n) is 4.60. The Morgan fingerprint density at radius 2 is 2.11 bits per heavy atom. The van der Waals surface area contributed by atoms with Crippen LogP contribution in [-0.2, 0) is 0 Å². The number of anilines is 1. The first-order valence-corrected chi connectivity index (χ1v) is 7.24. The van der Waals surface area contributed by atoms with Gasteiger partial charge in [-0.3, -0.25) is 0 Å². The molecule has 3 heterocycles. The Hall–Kier alpha value is -1.61. The van der Waals surface area contributed by atoms with Crippen LogP contribution in [0.15, 0.2) is 36.5 Å². The van der Waals surface area contributed by atoms with Gasteiger partial charge in [-0.05, 0) is 30.2 Å². The maximum absolute atomic E-state index is 4.69. The van der Waals surface area contributed by atoms with Gasteiger partial charge in [0.05, 0.1) is 0 Å². The second-order valence-electron chi connectivity index (χ2n) is 5.68. The highest BCUT2D eigenvalue weighted by Gasteiger charge is 2.35. The first-order valence-electron chi connectivity index (χ1n) is 7.24. The highest BCUT2D eigenvalue weighted by atomic mass is 15.3. The molecule has 2 fully saturated rings. The highest BCUT2D eigenvalue weighted by molar-refractivity contribution is 5.92. The molecular weight excluding hydrogens is 234 g/mol. The summed E-state index contributed by atoms with van der Waals surface area (Å²) < 4.78 is 0. The molecule has 0 saturated carbocycles. The lowest BCUT2D eigenvalue weighted by Crippen LogP contribution is -2.45. The van der Waals surface area contributed by atoms with Crippen LogP contribution in [0.1, 0.15) is 12.8 Å². The first-order chi connectivity index (χ1) is 9.43. The summed E-state index contributed by atoms with van der Waals surface area (Å²) >= 11 is 0. The molecule has 2 unspecified atom stereocenters. The van der Waals surface area contributed by atoms with E-state index in [1.165, 1.54) is 36.0 Å². The van der Waals surface area contributed by atoms with Gasteiger partial charge < -0.3 is 10.2 Å². The van der Waals surface area contributed by atoms with Gasteiger partial charge >= 0.3 is 0 Å². The zero-order valence-corrected chi connectivity index (χ0v) is 11.0. The highest BCUT2D eigenvalue weighted by Crippen LogP contribution is 2.33. The van der Waals surface area contributed by atoms with Crippen molar-refractivity contribution in [2.45, 2.75) is 18.9 Å². The fraction of sp³-hybridized carbons (Fsp3) is 0.438. The number of nitrogens with zero attached hydrogens (tertiary/aromatic N) is 2. The van der Waals surface area contributed by atoms with Crippen LogP contribution in [0.3, 0.4) is 0 Å². The molecule has 98 valence electrons. The van der Waals surface area contributed by atoms with Gasteiger partial charge in [-0.15, -0.1) is 0 Å². The molecule has 1 N–H and O–H groups in total. The Labute approximate surface area is 113 Å². The Morgan fingerprint density at radius 1 is 1.16 bits per heavy atom. The van der Waals surface area contributed by atoms with Gasteiger partial charge in [0.25, 0.3) is 0 Å². The average molecular weight is 253 g/mol. The second kappa shape index (κ2) is 4.49. The monoisotopic (exact) mass is 253 g/mol. The van der Waals surface area contributed by atoms with Gasteiger partial charge in [-0.2, -0.15) is 0 Å². The van der Waals surface area contributed by atoms with Crippen molar-refractivity contribution < 1.29 is 0 Å². The summed E-state index contributed by atoms with van der Waals surface area (Å²) in [6, 6.07) is 11.3. The Kier molecular flexibility index (Phi) is 2.66. The minimum Gasteiger partial charge on any atom is -0.352 e. The minimum atomic E-state index is 0.632. The predicted molar refractivity (Wildman–Crippen MR) is 78.5 cm³/mol. The SMILES string of the molecule is c1ccc2c(N3CCCC4CNCC43)nccc2c1. The van der Waals surface area contributed by atoms with Crippen LogP contribution in [0, 0.1) is 5.92 Å². The standard InChI is InChI=1S/C16H19N3/c1-2-6-14-12(4-1)7-8-18-16(14)19-9-3-5-13-10-17-11-15(13)19/h1-2,4,6-8,13,15,17H,3,5,9-11H2. The molecule has 0 bridgehead atoms. The van der Waals surface area contributed by atoms with Gasteiger partial charge in [-0.25, -0.2) is 4.98 Å². The van der Waals surface area contributed by atoms with E-state index in [4.69, 9.17) is 0 Å². The van der Waals surface area contributed by atoms with Crippen molar-refractivity contribution in [1.29, 1.82) is 0 Å². The Morgan fingerprint density at radius 3 is 3.11 bits per heavy atom. The van der Waals surface area contributed by atoms with Crippen LogP contribution < -0.4 is 10.2 Å². The quantitative estimate of drug-likeness (QED) is 0.846. The van der Waals surface area contributed by atoms with Crippen molar-refractivity contribution in [3.8, 4) is 0 Å². The Balaban J connectivity index is 1.81. The molecule has 3 nitrogen and oxygen atoms in total. The van der Waals surface area contributed by atoms with E-state index in [0.29, 0.717) is 6.04 Å². The predicted octanol–water partition coefficient (Wildman–Crippen LogP) is 2.42. The molecule has 0 radical (unpaired) electrons. The number of hydrogen-bond donors (Lipinski definition) is 1. The van der Waals surface area contributed by atoms with E-state index in [0.717, 1.165) is 19.0 Å². The maximum Gasteiger partial charge on any atom is 0.136 e. The average Bonchev–Trinajstić information content (AvgIpc) is 2.95. The van der Waals surface area contributed by atoms with Gasteiger partial charge in [-0.1, -0.05) is 24.3 Å². The molecular formula is C16H19N3. The van der Waals surface area contributed by atoms with E-state index in [2.05, 4.69) is 45.5 Å². The van der Waals surface area contributed by atoms with E-state index >= 15 is 0 Å². The number of fused-ring (bicyclic) bond motifs is 2. The second-order valence-corrected chi connectivity index (χ2v) is 5.68. The van der Waals surface area contributed by atoms with Gasteiger partial charge in [0.2, 0.25) is 0 Å². The normalized spacial score (nSPS) is 26.6. The van der Waals surface area contributed by atoms with Crippen molar-refractivity contribution >= 4 is 16.6 Å². The summed E-state index contributed by atoms with van der Waals surface area (Å²) in [5.74, 6) is 1.98. The van der Waals surface area contributed by atoms with E-state index < -0.39 is 0 Å². The van der Waals surface area contributed by atoms with Crippen LogP contribution in [0.2, 0.25) is 0 Å². The molecule has 2 saturated heterocycles. The fourth-order valence-corrected chi connectivity index (χ4v) is 3.66. The van der Waals surface area contributed by atoms with E-state index in [1.807, 2.05) is 6.20 Å². The summed E-state index contributed by atoms with van der Waals surface area (Å²) in [6.45, 7) is 3.42. The Bertz CT molecular complexity index is 590. The molecule has 2 atom stereocenters. The lowest BCUT2D eigenvalue weighted by atomic mass is 9.91. The molecule has 1 aromatic carbocycles. The minimum absolute atomic E-state index is 0.632. The van der Waals surface area contributed by atoms with Crippen molar-refractivity contribution in [3.05, 3.63) is 36.5 Å². The number of pyridine rings is 1. The molecule has 0 spiro atoms. The molecule has 1 aromatic heterocycles. The summed E-state index contributed by atoms with van der Waals surface area (Å²) in [5.41, 5.74) is 0. The van der Waals surface area contributed by atoms with Gasteiger partial charge in [0.1, 0.15) is 5.82 Å². The van der Waals surface area contributed by atoms with Crippen molar-refractivity contribution in [2.75, 3.05) is 24.5 Å². The third-order valence-corrected chi connectivity index (χ3v) is 4.60. The van der Waals surface area contributed by atoms with E-state index in [1.54, 1.807) is 0 Å². The number of piperidine rings is 1. The lowest BCUT2D eigenvalue weighted by Gasteiger charge is -2.38. The molecule has 2 aliphatic rings. The van der Waals surface area contributed by atoms with Crippen LogP contribution in [-0.4, -0.2) is 30.7 Å². The number of nitrogens with one attached hydrogen (secondary N) is 1. The maximum atomic E-state index is 4.69. The molecule has 2 aromatic rings. The molecule has 0 aliphatic carbocycles. The zero-order valence-electron chi connectivity index (χ0n) is 11.0. The summed E-state index contributed by atoms with van der Waals surface area (Å²) in [4.78, 5) is 7.23. The largest absolute Gasteiger partial charge is 0.352 e. The van der Waals surface area contributed by atoms with Crippen molar-refractivity contribution in [3.63, 3.8) is 0 Å². The van der Waals surface area contributed by atoms with E-state index in [9.17, 15) is 0 Å². The van der Waals surface area contributed by atoms with Gasteiger partial charge in [0.15, 0.2) is 0 Å². The fourth-order valence-electron chi connectivity index (χ4n) is 3.66. The van der Waals surface area contributed by atoms with Crippen LogP contribution in [0.25, 0.3) is 10.8 Å². The topological polar surface area (TPSA) is 28.2 Å². The number of aromatic nitrogens is 1. The third kappa shape index (κ3) is 1.80. The zero-order chi connectivity index (χ0) is 12.7. The van der Waals surface area contributed by atoms with Gasteiger partial charge in [0, 0.05) is 37.3 Å². The summed E-state index contributed by atoms with van der Waals surface area (Å²) in [6.07, 6.45) is 4.59.